The molecular formula is C13H14OS. The highest BCUT2D eigenvalue weighted by atomic mass is 32.2. The molecule has 0 unspecified atom stereocenters. The van der Waals surface area contributed by atoms with Crippen LogP contribution < -0.4 is 0 Å². The van der Waals surface area contributed by atoms with E-state index in [1.54, 1.807) is 11.8 Å². The molecule has 1 aromatic rings. The van der Waals surface area contributed by atoms with Gasteiger partial charge in [0.05, 0.1) is 0 Å². The molecule has 2 heteroatoms. The SMILES string of the molecule is O=C1CCCCC1=CSc1ccccc1. The quantitative estimate of drug-likeness (QED) is 0.554. The van der Waals surface area contributed by atoms with E-state index in [9.17, 15) is 4.79 Å². The van der Waals surface area contributed by atoms with E-state index in [1.807, 2.05) is 23.6 Å². The Morgan fingerprint density at radius 3 is 2.53 bits per heavy atom. The number of allylic oxidation sites excluding steroid dienone is 1. The molecule has 0 atom stereocenters. The van der Waals surface area contributed by atoms with E-state index in [4.69, 9.17) is 0 Å². The highest BCUT2D eigenvalue weighted by Gasteiger charge is 2.14. The number of Topliss-reactive ketones (excluding diaryl/α,β-unsaturated/α-hetero) is 1. The summed E-state index contributed by atoms with van der Waals surface area (Å²) >= 11 is 1.65. The third-order valence-electron chi connectivity index (χ3n) is 2.54. The van der Waals surface area contributed by atoms with Crippen LogP contribution in [0.2, 0.25) is 0 Å². The molecule has 0 spiro atoms. The van der Waals surface area contributed by atoms with Crippen molar-refractivity contribution in [2.24, 2.45) is 0 Å². The topological polar surface area (TPSA) is 17.1 Å². The second-order valence-electron chi connectivity index (χ2n) is 3.70. The van der Waals surface area contributed by atoms with Gasteiger partial charge in [-0.15, -0.1) is 0 Å². The van der Waals surface area contributed by atoms with Gasteiger partial charge in [0.15, 0.2) is 5.78 Å². The Kier molecular flexibility index (Phi) is 3.62. The molecule has 15 heavy (non-hydrogen) atoms. The first-order valence-corrected chi connectivity index (χ1v) is 6.18. The van der Waals surface area contributed by atoms with Gasteiger partial charge in [0.1, 0.15) is 0 Å². The maximum absolute atomic E-state index is 11.5. The summed E-state index contributed by atoms with van der Waals surface area (Å²) < 4.78 is 0. The van der Waals surface area contributed by atoms with Gasteiger partial charge in [-0.1, -0.05) is 30.0 Å². The fourth-order valence-electron chi connectivity index (χ4n) is 1.66. The lowest BCUT2D eigenvalue weighted by molar-refractivity contribution is -0.116. The zero-order valence-electron chi connectivity index (χ0n) is 8.61. The molecule has 1 aliphatic carbocycles. The lowest BCUT2D eigenvalue weighted by Gasteiger charge is -2.11. The smallest absolute Gasteiger partial charge is 0.159 e. The molecule has 0 bridgehead atoms. The Labute approximate surface area is 94.6 Å². The predicted octanol–water partition coefficient (Wildman–Crippen LogP) is 3.81. The summed E-state index contributed by atoms with van der Waals surface area (Å²) in [5.41, 5.74) is 1.01. The van der Waals surface area contributed by atoms with Crippen LogP contribution in [-0.4, -0.2) is 5.78 Å². The monoisotopic (exact) mass is 218 g/mol. The molecule has 1 fully saturated rings. The first kappa shape index (κ1) is 10.5. The number of rotatable bonds is 2. The van der Waals surface area contributed by atoms with Gasteiger partial charge >= 0.3 is 0 Å². The molecule has 1 aliphatic rings. The maximum atomic E-state index is 11.5. The molecule has 78 valence electrons. The summed E-state index contributed by atoms with van der Waals surface area (Å²) in [7, 11) is 0. The molecule has 1 nitrogen and oxygen atoms in total. The molecule has 2 rings (SSSR count). The van der Waals surface area contributed by atoms with Gasteiger partial charge in [0.25, 0.3) is 0 Å². The molecule has 1 aromatic carbocycles. The maximum Gasteiger partial charge on any atom is 0.159 e. The van der Waals surface area contributed by atoms with Crippen LogP contribution in [-0.2, 0) is 4.79 Å². The summed E-state index contributed by atoms with van der Waals surface area (Å²) in [5.74, 6) is 0.338. The molecular weight excluding hydrogens is 204 g/mol. The van der Waals surface area contributed by atoms with Crippen LogP contribution in [0.3, 0.4) is 0 Å². The third kappa shape index (κ3) is 2.96. The van der Waals surface area contributed by atoms with E-state index in [2.05, 4.69) is 12.1 Å². The van der Waals surface area contributed by atoms with E-state index >= 15 is 0 Å². The number of hydrogen-bond acceptors (Lipinski definition) is 2. The molecule has 0 aromatic heterocycles. The highest BCUT2D eigenvalue weighted by Crippen LogP contribution is 2.26. The summed E-state index contributed by atoms with van der Waals surface area (Å²) in [4.78, 5) is 12.7. The van der Waals surface area contributed by atoms with E-state index in [0.717, 1.165) is 31.3 Å². The van der Waals surface area contributed by atoms with Gasteiger partial charge in [-0.05, 0) is 36.8 Å². The van der Waals surface area contributed by atoms with E-state index < -0.39 is 0 Å². The van der Waals surface area contributed by atoms with Gasteiger partial charge < -0.3 is 0 Å². The summed E-state index contributed by atoms with van der Waals surface area (Å²) in [6.45, 7) is 0. The Morgan fingerprint density at radius 1 is 1.07 bits per heavy atom. The predicted molar refractivity (Wildman–Crippen MR) is 63.9 cm³/mol. The molecule has 0 radical (unpaired) electrons. The zero-order chi connectivity index (χ0) is 10.5. The minimum Gasteiger partial charge on any atom is -0.295 e. The van der Waals surface area contributed by atoms with Crippen LogP contribution in [0.25, 0.3) is 0 Å². The van der Waals surface area contributed by atoms with Crippen molar-refractivity contribution < 1.29 is 4.79 Å². The van der Waals surface area contributed by atoms with Crippen LogP contribution in [0, 0.1) is 0 Å². The Balaban J connectivity index is 2.01. The summed E-state index contributed by atoms with van der Waals surface area (Å²) in [5, 5.41) is 2.02. The minimum atomic E-state index is 0.338. The van der Waals surface area contributed by atoms with Crippen LogP contribution >= 0.6 is 11.8 Å². The van der Waals surface area contributed by atoms with Gasteiger partial charge in [-0.2, -0.15) is 0 Å². The van der Waals surface area contributed by atoms with Crippen LogP contribution in [0.5, 0.6) is 0 Å². The Hall–Kier alpha value is -1.02. The van der Waals surface area contributed by atoms with E-state index in [1.165, 1.54) is 4.90 Å². The van der Waals surface area contributed by atoms with Gasteiger partial charge in [-0.3, -0.25) is 4.79 Å². The first-order valence-electron chi connectivity index (χ1n) is 5.30. The van der Waals surface area contributed by atoms with Crippen molar-refractivity contribution in [3.8, 4) is 0 Å². The molecule has 0 amide bonds. The normalized spacial score (nSPS) is 19.5. The third-order valence-corrected chi connectivity index (χ3v) is 3.49. The summed E-state index contributed by atoms with van der Waals surface area (Å²) in [6, 6.07) is 10.2. The number of hydrogen-bond donors (Lipinski definition) is 0. The standard InChI is InChI=1S/C13H14OS/c14-13-9-5-4-6-11(13)10-15-12-7-2-1-3-8-12/h1-3,7-8,10H,4-6,9H2. The minimum absolute atomic E-state index is 0.338. The van der Waals surface area contributed by atoms with Crippen molar-refractivity contribution in [2.45, 2.75) is 30.6 Å². The largest absolute Gasteiger partial charge is 0.295 e. The fraction of sp³-hybridized carbons (Fsp3) is 0.308. The lowest BCUT2D eigenvalue weighted by atomic mass is 9.95. The molecule has 0 saturated heterocycles. The van der Waals surface area contributed by atoms with Crippen LogP contribution in [0.15, 0.2) is 46.2 Å². The number of carbonyl (C=O) groups is 1. The molecule has 0 heterocycles. The molecule has 0 N–H and O–H groups in total. The van der Waals surface area contributed by atoms with Gasteiger partial charge in [-0.25, -0.2) is 0 Å². The number of carbonyl (C=O) groups excluding carboxylic acids is 1. The zero-order valence-corrected chi connectivity index (χ0v) is 9.43. The second kappa shape index (κ2) is 5.17. The van der Waals surface area contributed by atoms with Crippen LogP contribution in [0.4, 0.5) is 0 Å². The number of thioether (sulfide) groups is 1. The average Bonchev–Trinajstić information content (AvgIpc) is 2.29. The fourth-order valence-corrected chi connectivity index (χ4v) is 2.51. The van der Waals surface area contributed by atoms with Gasteiger partial charge in [0.2, 0.25) is 0 Å². The van der Waals surface area contributed by atoms with Crippen molar-refractivity contribution >= 4 is 17.5 Å². The molecule has 0 aliphatic heterocycles. The second-order valence-corrected chi connectivity index (χ2v) is 4.65. The first-order chi connectivity index (χ1) is 7.36. The highest BCUT2D eigenvalue weighted by molar-refractivity contribution is 8.02. The van der Waals surface area contributed by atoms with E-state index in [0.29, 0.717) is 5.78 Å². The van der Waals surface area contributed by atoms with Crippen molar-refractivity contribution in [3.63, 3.8) is 0 Å². The Morgan fingerprint density at radius 2 is 1.80 bits per heavy atom. The molecule has 1 saturated carbocycles. The van der Waals surface area contributed by atoms with Crippen LogP contribution in [0.1, 0.15) is 25.7 Å². The van der Waals surface area contributed by atoms with Crippen molar-refractivity contribution in [3.05, 3.63) is 41.3 Å². The number of benzene rings is 1. The Bertz CT molecular complexity index is 367. The summed E-state index contributed by atoms with van der Waals surface area (Å²) in [6.07, 6.45) is 3.92. The van der Waals surface area contributed by atoms with Crippen molar-refractivity contribution in [2.75, 3.05) is 0 Å². The lowest BCUT2D eigenvalue weighted by Crippen LogP contribution is -2.07. The number of ketones is 1. The van der Waals surface area contributed by atoms with Crippen molar-refractivity contribution in [1.82, 2.24) is 0 Å². The van der Waals surface area contributed by atoms with Gasteiger partial charge in [0, 0.05) is 16.9 Å². The average molecular weight is 218 g/mol. The van der Waals surface area contributed by atoms with Crippen molar-refractivity contribution in [1.29, 1.82) is 0 Å². The van der Waals surface area contributed by atoms with E-state index in [-0.39, 0.29) is 0 Å².